The van der Waals surface area contributed by atoms with Crippen LogP contribution in [0.4, 0.5) is 0 Å². The van der Waals surface area contributed by atoms with Gasteiger partial charge in [0.05, 0.1) is 11.3 Å². The van der Waals surface area contributed by atoms with Crippen molar-refractivity contribution in [2.45, 2.75) is 25.0 Å². The summed E-state index contributed by atoms with van der Waals surface area (Å²) in [7, 11) is 0. The Hall–Kier alpha value is -1.76. The number of nitrogens with zero attached hydrogens (tertiary/aromatic N) is 2. The summed E-state index contributed by atoms with van der Waals surface area (Å²) in [4.78, 5) is 16.4. The lowest BCUT2D eigenvalue weighted by atomic mass is 9.94. The van der Waals surface area contributed by atoms with Crippen LogP contribution >= 0.6 is 0 Å². The molecule has 0 radical (unpaired) electrons. The van der Waals surface area contributed by atoms with Crippen molar-refractivity contribution in [2.24, 2.45) is 0 Å². The molecule has 1 fully saturated rings. The molecule has 0 spiro atoms. The normalized spacial score (nSPS) is 18.0. The minimum atomic E-state index is -0.718. The summed E-state index contributed by atoms with van der Waals surface area (Å²) in [5.41, 5.74) is 0.500. The van der Waals surface area contributed by atoms with Gasteiger partial charge in [-0.2, -0.15) is 0 Å². The number of pyridine rings is 1. The van der Waals surface area contributed by atoms with Crippen LogP contribution in [0.15, 0.2) is 35.3 Å². The zero-order valence-electron chi connectivity index (χ0n) is 11.8. The van der Waals surface area contributed by atoms with Crippen molar-refractivity contribution in [1.29, 1.82) is 0 Å². The quantitative estimate of drug-likeness (QED) is 0.848. The fourth-order valence-electron chi connectivity index (χ4n) is 2.54. The summed E-state index contributed by atoms with van der Waals surface area (Å²) >= 11 is 0. The molecular formula is C15H19N3O3. The van der Waals surface area contributed by atoms with Crippen LogP contribution in [-0.4, -0.2) is 39.9 Å². The Labute approximate surface area is 122 Å². The van der Waals surface area contributed by atoms with E-state index in [0.29, 0.717) is 50.5 Å². The highest BCUT2D eigenvalue weighted by atomic mass is 16.5. The number of rotatable bonds is 4. The van der Waals surface area contributed by atoms with Crippen LogP contribution in [0.25, 0.3) is 5.65 Å². The highest BCUT2D eigenvalue weighted by Gasteiger charge is 2.29. The summed E-state index contributed by atoms with van der Waals surface area (Å²) in [6, 6.07) is 6.98. The molecule has 0 atom stereocenters. The number of hydrogen-bond acceptors (Lipinski definition) is 5. The maximum Gasteiger partial charge on any atom is 0.258 e. The molecular weight excluding hydrogens is 270 g/mol. The first kappa shape index (κ1) is 14.2. The van der Waals surface area contributed by atoms with E-state index in [0.717, 1.165) is 0 Å². The molecule has 0 amide bonds. The molecule has 2 aromatic heterocycles. The van der Waals surface area contributed by atoms with E-state index in [1.165, 1.54) is 10.5 Å². The second-order valence-corrected chi connectivity index (χ2v) is 5.45. The third kappa shape index (κ3) is 3.29. The largest absolute Gasteiger partial charge is 0.388 e. The van der Waals surface area contributed by atoms with E-state index in [1.54, 1.807) is 18.3 Å². The van der Waals surface area contributed by atoms with E-state index >= 15 is 0 Å². The maximum absolute atomic E-state index is 12.0. The fourth-order valence-corrected chi connectivity index (χ4v) is 2.54. The molecule has 6 nitrogen and oxygen atoms in total. The van der Waals surface area contributed by atoms with Crippen molar-refractivity contribution in [3.8, 4) is 0 Å². The summed E-state index contributed by atoms with van der Waals surface area (Å²) in [6.07, 6.45) is 2.97. The van der Waals surface area contributed by atoms with E-state index in [9.17, 15) is 9.90 Å². The number of aromatic nitrogens is 2. The number of nitrogens with one attached hydrogen (secondary N) is 1. The number of aliphatic hydroxyl groups is 1. The fraction of sp³-hybridized carbons (Fsp3) is 0.467. The molecule has 6 heteroatoms. The molecule has 2 N–H and O–H groups in total. The Morgan fingerprint density at radius 2 is 2.19 bits per heavy atom. The summed E-state index contributed by atoms with van der Waals surface area (Å²) in [5, 5.41) is 13.5. The zero-order chi connectivity index (χ0) is 14.7. The molecule has 1 saturated heterocycles. The first-order valence-electron chi connectivity index (χ1n) is 7.15. The first-order valence-corrected chi connectivity index (χ1v) is 7.15. The van der Waals surface area contributed by atoms with Crippen LogP contribution in [0.5, 0.6) is 0 Å². The van der Waals surface area contributed by atoms with Crippen LogP contribution in [0, 0.1) is 0 Å². The molecule has 0 unspecified atom stereocenters. The average molecular weight is 289 g/mol. The summed E-state index contributed by atoms with van der Waals surface area (Å²) in [5.74, 6) is 0. The SMILES string of the molecule is O=c1cc(CNCC2(O)CCOCC2)nc2ccccn12. The smallest absolute Gasteiger partial charge is 0.258 e. The third-order valence-electron chi connectivity index (χ3n) is 3.81. The van der Waals surface area contributed by atoms with E-state index in [2.05, 4.69) is 10.3 Å². The molecule has 21 heavy (non-hydrogen) atoms. The van der Waals surface area contributed by atoms with Crippen LogP contribution in [0.2, 0.25) is 0 Å². The number of ether oxygens (including phenoxy) is 1. The van der Waals surface area contributed by atoms with E-state index in [-0.39, 0.29) is 5.56 Å². The van der Waals surface area contributed by atoms with E-state index in [1.807, 2.05) is 6.07 Å². The molecule has 3 heterocycles. The van der Waals surface area contributed by atoms with Gasteiger partial charge in [0.25, 0.3) is 5.56 Å². The number of hydrogen-bond donors (Lipinski definition) is 2. The lowest BCUT2D eigenvalue weighted by molar-refractivity contribution is -0.0617. The topological polar surface area (TPSA) is 75.9 Å². The molecule has 2 aromatic rings. The Balaban J connectivity index is 1.67. The molecule has 0 saturated carbocycles. The van der Waals surface area contributed by atoms with Gasteiger partial charge in [-0.15, -0.1) is 0 Å². The third-order valence-corrected chi connectivity index (χ3v) is 3.81. The lowest BCUT2D eigenvalue weighted by Gasteiger charge is -2.32. The molecule has 0 aromatic carbocycles. The van der Waals surface area contributed by atoms with Crippen molar-refractivity contribution in [2.75, 3.05) is 19.8 Å². The minimum Gasteiger partial charge on any atom is -0.388 e. The zero-order valence-corrected chi connectivity index (χ0v) is 11.8. The highest BCUT2D eigenvalue weighted by Crippen LogP contribution is 2.19. The average Bonchev–Trinajstić information content (AvgIpc) is 2.48. The predicted molar refractivity (Wildman–Crippen MR) is 78.2 cm³/mol. The van der Waals surface area contributed by atoms with Crippen LogP contribution in [0.1, 0.15) is 18.5 Å². The van der Waals surface area contributed by atoms with Crippen molar-refractivity contribution in [3.05, 3.63) is 46.5 Å². The maximum atomic E-state index is 12.0. The van der Waals surface area contributed by atoms with Crippen LogP contribution < -0.4 is 10.9 Å². The van der Waals surface area contributed by atoms with E-state index in [4.69, 9.17) is 4.74 Å². The standard InChI is InChI=1S/C15H19N3O3/c19-14-9-12(17-13-3-1-2-6-18(13)14)10-16-11-15(20)4-7-21-8-5-15/h1-3,6,9,16,20H,4-5,7-8,10-11H2. The molecule has 0 bridgehead atoms. The van der Waals surface area contributed by atoms with Crippen LogP contribution in [0.3, 0.4) is 0 Å². The van der Waals surface area contributed by atoms with Gasteiger partial charge in [-0.25, -0.2) is 4.98 Å². The van der Waals surface area contributed by atoms with Crippen LogP contribution in [-0.2, 0) is 11.3 Å². The Morgan fingerprint density at radius 1 is 1.38 bits per heavy atom. The molecule has 3 rings (SSSR count). The van der Waals surface area contributed by atoms with Crippen molar-refractivity contribution < 1.29 is 9.84 Å². The number of fused-ring (bicyclic) bond motifs is 1. The van der Waals surface area contributed by atoms with Gasteiger partial charge in [-0.3, -0.25) is 9.20 Å². The highest BCUT2D eigenvalue weighted by molar-refractivity contribution is 5.37. The molecule has 1 aliphatic rings. The monoisotopic (exact) mass is 289 g/mol. The molecule has 0 aliphatic carbocycles. The van der Waals surface area contributed by atoms with Gasteiger partial charge in [-0.05, 0) is 12.1 Å². The first-order chi connectivity index (χ1) is 10.2. The van der Waals surface area contributed by atoms with Gasteiger partial charge in [0.2, 0.25) is 0 Å². The second-order valence-electron chi connectivity index (χ2n) is 5.45. The van der Waals surface area contributed by atoms with E-state index < -0.39 is 5.60 Å². The van der Waals surface area contributed by atoms with Crippen molar-refractivity contribution in [1.82, 2.24) is 14.7 Å². The Kier molecular flexibility index (Phi) is 4.01. The Morgan fingerprint density at radius 3 is 3.00 bits per heavy atom. The summed E-state index contributed by atoms with van der Waals surface area (Å²) in [6.45, 7) is 2.12. The summed E-state index contributed by atoms with van der Waals surface area (Å²) < 4.78 is 6.76. The Bertz CT molecular complexity index is 677. The van der Waals surface area contributed by atoms with Gasteiger partial charge in [0, 0.05) is 51.4 Å². The van der Waals surface area contributed by atoms with Gasteiger partial charge in [-0.1, -0.05) is 6.07 Å². The van der Waals surface area contributed by atoms with Crippen molar-refractivity contribution >= 4 is 5.65 Å². The van der Waals surface area contributed by atoms with Gasteiger partial charge < -0.3 is 15.2 Å². The predicted octanol–water partition coefficient (Wildman–Crippen LogP) is 0.326. The van der Waals surface area contributed by atoms with Gasteiger partial charge >= 0.3 is 0 Å². The molecule has 112 valence electrons. The molecule has 1 aliphatic heterocycles. The minimum absolute atomic E-state index is 0.0952. The lowest BCUT2D eigenvalue weighted by Crippen LogP contribution is -2.44. The van der Waals surface area contributed by atoms with Gasteiger partial charge in [0.1, 0.15) is 5.65 Å². The van der Waals surface area contributed by atoms with Gasteiger partial charge in [0.15, 0.2) is 0 Å². The van der Waals surface area contributed by atoms with Crippen molar-refractivity contribution in [3.63, 3.8) is 0 Å². The second kappa shape index (κ2) is 5.93.